The van der Waals surface area contributed by atoms with Crippen LogP contribution >= 0.6 is 20.0 Å². The molecule has 0 heterocycles. The van der Waals surface area contributed by atoms with Gasteiger partial charge in [-0.2, -0.15) is 0 Å². The number of benzene rings is 1. The minimum atomic E-state index is -3.13. The fraction of sp³-hybridized carbons (Fsp3) is 0.143. The second kappa shape index (κ2) is 3.02. The molecule has 11 heavy (non-hydrogen) atoms. The van der Waals surface area contributed by atoms with Crippen LogP contribution in [0.1, 0.15) is 0 Å². The van der Waals surface area contributed by atoms with Crippen molar-refractivity contribution in [2.45, 2.75) is 4.90 Å². The predicted octanol–water partition coefficient (Wildman–Crippen LogP) is 1.50. The summed E-state index contributed by atoms with van der Waals surface area (Å²) in [5.41, 5.74) is 0. The molecule has 0 bridgehead atoms. The van der Waals surface area contributed by atoms with Crippen LogP contribution in [0.15, 0.2) is 29.2 Å². The van der Waals surface area contributed by atoms with Crippen LogP contribution < -0.4 is 5.30 Å². The highest BCUT2D eigenvalue weighted by Gasteiger charge is 2.15. The molecular formula is C7H9O2PS. The Bertz CT molecular complexity index is 305. The summed E-state index contributed by atoms with van der Waals surface area (Å²) in [5.74, 6) is 0. The molecule has 0 radical (unpaired) electrons. The van der Waals surface area contributed by atoms with E-state index in [1.807, 2.05) is 0 Å². The Balaban J connectivity index is 3.25. The number of rotatable bonds is 1. The van der Waals surface area contributed by atoms with Crippen molar-refractivity contribution in [2.75, 3.05) is 6.66 Å². The summed E-state index contributed by atoms with van der Waals surface area (Å²) in [7, 11) is -3.13. The molecule has 0 aromatic heterocycles. The zero-order valence-corrected chi connectivity index (χ0v) is 7.85. The molecule has 1 atom stereocenters. The van der Waals surface area contributed by atoms with Gasteiger partial charge in [0.25, 0.3) is 0 Å². The Morgan fingerprint density at radius 2 is 2.00 bits per heavy atom. The third-order valence-corrected chi connectivity index (χ3v) is 3.18. The van der Waals surface area contributed by atoms with Crippen LogP contribution in [0.5, 0.6) is 0 Å². The molecule has 0 saturated carbocycles. The first kappa shape index (κ1) is 8.85. The number of thiol groups is 1. The molecule has 1 N–H and O–H groups in total. The molecule has 60 valence electrons. The average molecular weight is 188 g/mol. The highest BCUT2D eigenvalue weighted by atomic mass is 32.1. The van der Waals surface area contributed by atoms with Crippen molar-refractivity contribution >= 4 is 25.3 Å². The Labute approximate surface area is 71.1 Å². The van der Waals surface area contributed by atoms with Gasteiger partial charge in [0.2, 0.25) is 7.37 Å². The summed E-state index contributed by atoms with van der Waals surface area (Å²) < 4.78 is 11.1. The van der Waals surface area contributed by atoms with E-state index in [9.17, 15) is 9.46 Å². The van der Waals surface area contributed by atoms with E-state index >= 15 is 0 Å². The van der Waals surface area contributed by atoms with E-state index < -0.39 is 7.37 Å². The lowest BCUT2D eigenvalue weighted by atomic mass is 10.4. The normalized spacial score (nSPS) is 15.9. The largest absolute Gasteiger partial charge is 0.341 e. The Hall–Kier alpha value is -0.240. The second-order valence-electron chi connectivity index (χ2n) is 2.37. The van der Waals surface area contributed by atoms with Crippen molar-refractivity contribution in [3.63, 3.8) is 0 Å². The molecule has 0 saturated heterocycles. The first-order valence-corrected chi connectivity index (χ1v) is 5.66. The summed E-state index contributed by atoms with van der Waals surface area (Å²) in [5, 5.41) is 0.420. The first-order chi connectivity index (χ1) is 5.02. The third-order valence-electron chi connectivity index (χ3n) is 1.33. The van der Waals surface area contributed by atoms with Gasteiger partial charge in [0.15, 0.2) is 0 Å². The van der Waals surface area contributed by atoms with Crippen LogP contribution in [0.3, 0.4) is 0 Å². The third kappa shape index (κ3) is 2.09. The Kier molecular flexibility index (Phi) is 2.43. The van der Waals surface area contributed by atoms with Crippen molar-refractivity contribution in [1.82, 2.24) is 0 Å². The Morgan fingerprint density at radius 3 is 2.36 bits per heavy atom. The molecule has 4 heteroatoms. The lowest BCUT2D eigenvalue weighted by Gasteiger charge is -2.06. The van der Waals surface area contributed by atoms with Gasteiger partial charge >= 0.3 is 0 Å². The summed E-state index contributed by atoms with van der Waals surface area (Å²) in [4.78, 5) is 9.75. The van der Waals surface area contributed by atoms with Crippen molar-refractivity contribution in [3.8, 4) is 0 Å². The van der Waals surface area contributed by atoms with E-state index in [1.165, 1.54) is 6.66 Å². The molecule has 1 aromatic rings. The molecule has 1 rings (SSSR count). The summed E-state index contributed by atoms with van der Waals surface area (Å²) in [6.07, 6.45) is 0. The maximum absolute atomic E-state index is 11.1. The molecule has 0 aliphatic rings. The minimum Gasteiger partial charge on any atom is -0.341 e. The summed E-state index contributed by atoms with van der Waals surface area (Å²) in [6, 6.07) is 6.82. The van der Waals surface area contributed by atoms with Gasteiger partial charge in [0, 0.05) is 16.9 Å². The molecular weight excluding hydrogens is 179 g/mol. The van der Waals surface area contributed by atoms with Crippen LogP contribution in [0.25, 0.3) is 0 Å². The standard InChI is InChI=1S/C7H9O2PS/c1-10(8,9)6-4-2-3-5-7(6)11/h2-5,11H,1H3,(H,8,9). The van der Waals surface area contributed by atoms with E-state index in [2.05, 4.69) is 12.6 Å². The van der Waals surface area contributed by atoms with E-state index in [1.54, 1.807) is 24.3 Å². The van der Waals surface area contributed by atoms with E-state index in [0.717, 1.165) is 0 Å². The maximum atomic E-state index is 11.1. The molecule has 1 aromatic carbocycles. The monoisotopic (exact) mass is 188 g/mol. The van der Waals surface area contributed by atoms with Gasteiger partial charge in [0.05, 0.1) is 0 Å². The predicted molar refractivity (Wildman–Crippen MR) is 49.1 cm³/mol. The summed E-state index contributed by atoms with van der Waals surface area (Å²) in [6.45, 7) is 1.31. The van der Waals surface area contributed by atoms with Gasteiger partial charge in [-0.05, 0) is 12.1 Å². The van der Waals surface area contributed by atoms with Crippen LogP contribution in [0, 0.1) is 0 Å². The second-order valence-corrected chi connectivity index (χ2v) is 5.09. The van der Waals surface area contributed by atoms with E-state index in [-0.39, 0.29) is 0 Å². The van der Waals surface area contributed by atoms with Crippen molar-refractivity contribution in [1.29, 1.82) is 0 Å². The molecule has 2 nitrogen and oxygen atoms in total. The molecule has 1 unspecified atom stereocenters. The van der Waals surface area contributed by atoms with Crippen molar-refractivity contribution in [3.05, 3.63) is 24.3 Å². The average Bonchev–Trinajstić information content (AvgIpc) is 1.86. The van der Waals surface area contributed by atoms with Gasteiger partial charge in [-0.3, -0.25) is 4.57 Å². The first-order valence-electron chi connectivity index (χ1n) is 3.10. The van der Waals surface area contributed by atoms with Crippen LogP contribution in [0.2, 0.25) is 0 Å². The zero-order chi connectivity index (χ0) is 8.48. The zero-order valence-electron chi connectivity index (χ0n) is 6.06. The molecule has 0 spiro atoms. The lowest BCUT2D eigenvalue weighted by Crippen LogP contribution is -2.04. The van der Waals surface area contributed by atoms with Crippen LogP contribution in [-0.2, 0) is 4.57 Å². The van der Waals surface area contributed by atoms with Gasteiger partial charge in [0.1, 0.15) is 0 Å². The minimum absolute atomic E-state index is 0.420. The topological polar surface area (TPSA) is 37.3 Å². The maximum Gasteiger partial charge on any atom is 0.227 e. The highest BCUT2D eigenvalue weighted by Crippen LogP contribution is 2.35. The van der Waals surface area contributed by atoms with Crippen molar-refractivity contribution < 1.29 is 9.46 Å². The molecule has 0 amide bonds. The van der Waals surface area contributed by atoms with Gasteiger partial charge in [-0.1, -0.05) is 12.1 Å². The fourth-order valence-corrected chi connectivity index (χ4v) is 2.39. The Morgan fingerprint density at radius 1 is 1.45 bits per heavy atom. The number of hydrogen-bond donors (Lipinski definition) is 2. The van der Waals surface area contributed by atoms with Crippen LogP contribution in [-0.4, -0.2) is 11.6 Å². The SMILES string of the molecule is CP(=O)(O)c1ccccc1S. The summed E-state index contributed by atoms with van der Waals surface area (Å²) >= 11 is 4.06. The van der Waals surface area contributed by atoms with Gasteiger partial charge < -0.3 is 4.89 Å². The fourth-order valence-electron chi connectivity index (χ4n) is 0.815. The highest BCUT2D eigenvalue weighted by molar-refractivity contribution is 7.81. The quantitative estimate of drug-likeness (QED) is 0.517. The number of hydrogen-bond acceptors (Lipinski definition) is 2. The van der Waals surface area contributed by atoms with Crippen molar-refractivity contribution in [2.24, 2.45) is 0 Å². The lowest BCUT2D eigenvalue weighted by molar-refractivity contribution is 0.496. The molecule has 0 fully saturated rings. The van der Waals surface area contributed by atoms with Gasteiger partial charge in [-0.15, -0.1) is 12.6 Å². The van der Waals surface area contributed by atoms with Gasteiger partial charge in [-0.25, -0.2) is 0 Å². The van der Waals surface area contributed by atoms with E-state index in [4.69, 9.17) is 0 Å². The molecule has 0 aliphatic carbocycles. The van der Waals surface area contributed by atoms with E-state index in [0.29, 0.717) is 10.2 Å². The molecule has 0 aliphatic heterocycles. The smallest absolute Gasteiger partial charge is 0.227 e. The van der Waals surface area contributed by atoms with Crippen LogP contribution in [0.4, 0.5) is 0 Å².